The number of fused-ring (bicyclic) bond motifs is 5. The zero-order chi connectivity index (χ0) is 10.3. The fraction of sp³-hybridized carbons (Fsp3) is 1.00. The van der Waals surface area contributed by atoms with Crippen molar-refractivity contribution in [2.45, 2.75) is 57.9 Å². The van der Waals surface area contributed by atoms with Crippen LogP contribution in [0.3, 0.4) is 0 Å². The highest BCUT2D eigenvalue weighted by atomic mass is 14.9. The van der Waals surface area contributed by atoms with Crippen LogP contribution in [0, 0.1) is 23.7 Å². The van der Waals surface area contributed by atoms with Gasteiger partial charge >= 0.3 is 0 Å². The Morgan fingerprint density at radius 2 is 1.93 bits per heavy atom. The first-order valence-corrected chi connectivity index (χ1v) is 7.13. The highest BCUT2D eigenvalue weighted by Crippen LogP contribution is 2.58. The topological polar surface area (TPSA) is 12.0 Å². The summed E-state index contributed by atoms with van der Waals surface area (Å²) in [4.78, 5) is 0. The minimum atomic E-state index is 0.904. The lowest BCUT2D eigenvalue weighted by atomic mass is 9.79. The van der Waals surface area contributed by atoms with Crippen molar-refractivity contribution < 1.29 is 0 Å². The van der Waals surface area contributed by atoms with Gasteiger partial charge in [-0.1, -0.05) is 19.8 Å². The molecule has 3 rings (SSSR count). The van der Waals surface area contributed by atoms with Crippen LogP contribution < -0.4 is 5.32 Å². The summed E-state index contributed by atoms with van der Waals surface area (Å²) in [7, 11) is 0. The maximum Gasteiger partial charge on any atom is 0.0101 e. The summed E-state index contributed by atoms with van der Waals surface area (Å²) in [5.74, 6) is 4.46. The minimum absolute atomic E-state index is 0.904. The molecule has 0 amide bonds. The number of nitrogens with one attached hydrogen (secondary N) is 1. The Labute approximate surface area is 94.0 Å². The van der Waals surface area contributed by atoms with Crippen LogP contribution in [0.4, 0.5) is 0 Å². The number of hydrogen-bond donors (Lipinski definition) is 1. The molecule has 0 radical (unpaired) electrons. The molecule has 0 unspecified atom stereocenters. The van der Waals surface area contributed by atoms with Crippen molar-refractivity contribution in [3.05, 3.63) is 0 Å². The minimum Gasteiger partial charge on any atom is -0.314 e. The van der Waals surface area contributed by atoms with Crippen LogP contribution >= 0.6 is 0 Å². The van der Waals surface area contributed by atoms with Crippen LogP contribution in [-0.4, -0.2) is 12.6 Å². The molecule has 3 aliphatic carbocycles. The molecule has 0 aromatic rings. The molecule has 0 spiro atoms. The first-order chi connectivity index (χ1) is 7.40. The first-order valence-electron chi connectivity index (χ1n) is 7.13. The third-order valence-corrected chi connectivity index (χ3v) is 5.37. The average Bonchev–Trinajstić information content (AvgIpc) is 2.89. The van der Waals surface area contributed by atoms with Crippen molar-refractivity contribution in [3.63, 3.8) is 0 Å². The summed E-state index contributed by atoms with van der Waals surface area (Å²) >= 11 is 0. The number of unbranched alkanes of at least 4 members (excludes halogenated alkanes) is 1. The van der Waals surface area contributed by atoms with Crippen LogP contribution in [0.2, 0.25) is 0 Å². The van der Waals surface area contributed by atoms with E-state index in [4.69, 9.17) is 0 Å². The van der Waals surface area contributed by atoms with Gasteiger partial charge in [-0.05, 0) is 62.3 Å². The van der Waals surface area contributed by atoms with Gasteiger partial charge in [0.2, 0.25) is 0 Å². The van der Waals surface area contributed by atoms with E-state index in [-0.39, 0.29) is 0 Å². The molecule has 3 fully saturated rings. The zero-order valence-corrected chi connectivity index (χ0v) is 10.0. The van der Waals surface area contributed by atoms with Gasteiger partial charge in [-0.2, -0.15) is 0 Å². The second kappa shape index (κ2) is 4.08. The van der Waals surface area contributed by atoms with Gasteiger partial charge in [0, 0.05) is 6.04 Å². The molecule has 1 N–H and O–H groups in total. The number of rotatable bonds is 4. The second-order valence-corrected chi connectivity index (χ2v) is 6.07. The lowest BCUT2D eigenvalue weighted by molar-refractivity contribution is 0.209. The lowest BCUT2D eigenvalue weighted by Gasteiger charge is -2.32. The molecule has 0 heterocycles. The van der Waals surface area contributed by atoms with E-state index >= 15 is 0 Å². The van der Waals surface area contributed by atoms with E-state index in [1.807, 2.05) is 0 Å². The third kappa shape index (κ3) is 1.63. The molecule has 1 heteroatoms. The monoisotopic (exact) mass is 207 g/mol. The molecular weight excluding hydrogens is 182 g/mol. The molecular formula is C14H25N. The van der Waals surface area contributed by atoms with Crippen LogP contribution in [-0.2, 0) is 0 Å². The Hall–Kier alpha value is -0.0400. The Bertz CT molecular complexity index is 225. The first kappa shape index (κ1) is 10.1. The SMILES string of the molecule is CCCCN[C@@H]1C[C@H]2C[C@@H]1[C@H]1CCC[C@H]21. The Morgan fingerprint density at radius 1 is 1.07 bits per heavy atom. The Morgan fingerprint density at radius 3 is 2.80 bits per heavy atom. The molecule has 0 aromatic carbocycles. The van der Waals surface area contributed by atoms with Crippen molar-refractivity contribution >= 4 is 0 Å². The van der Waals surface area contributed by atoms with Crippen molar-refractivity contribution in [3.8, 4) is 0 Å². The van der Waals surface area contributed by atoms with Crippen LogP contribution in [0.5, 0.6) is 0 Å². The van der Waals surface area contributed by atoms with Crippen LogP contribution in [0.15, 0.2) is 0 Å². The second-order valence-electron chi connectivity index (χ2n) is 6.07. The summed E-state index contributed by atoms with van der Waals surface area (Å²) in [6.45, 7) is 3.55. The largest absolute Gasteiger partial charge is 0.314 e. The molecule has 0 aromatic heterocycles. The van der Waals surface area contributed by atoms with Gasteiger partial charge in [0.05, 0.1) is 0 Å². The molecule has 3 saturated carbocycles. The van der Waals surface area contributed by atoms with Gasteiger partial charge in [-0.15, -0.1) is 0 Å². The molecule has 15 heavy (non-hydrogen) atoms. The third-order valence-electron chi connectivity index (χ3n) is 5.37. The molecule has 86 valence electrons. The molecule has 1 nitrogen and oxygen atoms in total. The van der Waals surface area contributed by atoms with Gasteiger partial charge in [0.1, 0.15) is 0 Å². The molecule has 2 bridgehead atoms. The predicted octanol–water partition coefficient (Wildman–Crippen LogP) is 3.20. The standard InChI is InChI=1S/C14H25N/c1-2-3-7-15-14-9-10-8-13(14)12-6-4-5-11(10)12/h10-15H,2-9H2,1H3/t10-,11-,12+,13-,14-/m1/s1. The van der Waals surface area contributed by atoms with E-state index in [1.54, 1.807) is 19.3 Å². The van der Waals surface area contributed by atoms with Crippen molar-refractivity contribution in [1.82, 2.24) is 5.32 Å². The van der Waals surface area contributed by atoms with Crippen molar-refractivity contribution in [2.75, 3.05) is 6.54 Å². The summed E-state index contributed by atoms with van der Waals surface area (Å²) in [5, 5.41) is 3.83. The quantitative estimate of drug-likeness (QED) is 0.698. The summed E-state index contributed by atoms with van der Waals surface area (Å²) < 4.78 is 0. The van der Waals surface area contributed by atoms with E-state index in [9.17, 15) is 0 Å². The van der Waals surface area contributed by atoms with Crippen LogP contribution in [0.1, 0.15) is 51.9 Å². The zero-order valence-electron chi connectivity index (χ0n) is 10.0. The Kier molecular flexibility index (Phi) is 2.76. The highest BCUT2D eigenvalue weighted by Gasteiger charge is 2.53. The van der Waals surface area contributed by atoms with Crippen LogP contribution in [0.25, 0.3) is 0 Å². The predicted molar refractivity (Wildman–Crippen MR) is 63.7 cm³/mol. The van der Waals surface area contributed by atoms with Gasteiger partial charge in [0.25, 0.3) is 0 Å². The van der Waals surface area contributed by atoms with Gasteiger partial charge in [-0.25, -0.2) is 0 Å². The van der Waals surface area contributed by atoms with Gasteiger partial charge in [0.15, 0.2) is 0 Å². The Balaban J connectivity index is 1.56. The molecule has 0 saturated heterocycles. The number of hydrogen-bond acceptors (Lipinski definition) is 1. The summed E-state index contributed by atoms with van der Waals surface area (Å²) in [6, 6.07) is 0.904. The van der Waals surface area contributed by atoms with E-state index in [1.165, 1.54) is 32.2 Å². The fourth-order valence-electron chi connectivity index (χ4n) is 4.77. The van der Waals surface area contributed by atoms with E-state index < -0.39 is 0 Å². The van der Waals surface area contributed by atoms with Crippen molar-refractivity contribution in [1.29, 1.82) is 0 Å². The molecule has 3 aliphatic rings. The molecule has 0 aliphatic heterocycles. The van der Waals surface area contributed by atoms with Gasteiger partial charge in [-0.3, -0.25) is 0 Å². The smallest absolute Gasteiger partial charge is 0.0101 e. The summed E-state index contributed by atoms with van der Waals surface area (Å²) in [6.07, 6.45) is 10.4. The average molecular weight is 207 g/mol. The molecule has 5 atom stereocenters. The van der Waals surface area contributed by atoms with E-state index in [0.717, 1.165) is 29.7 Å². The van der Waals surface area contributed by atoms with Crippen molar-refractivity contribution in [2.24, 2.45) is 23.7 Å². The lowest BCUT2D eigenvalue weighted by Crippen LogP contribution is -2.39. The van der Waals surface area contributed by atoms with E-state index in [0.29, 0.717) is 0 Å². The van der Waals surface area contributed by atoms with Gasteiger partial charge < -0.3 is 5.32 Å². The fourth-order valence-corrected chi connectivity index (χ4v) is 4.77. The highest BCUT2D eigenvalue weighted by molar-refractivity contribution is 5.05. The van der Waals surface area contributed by atoms with E-state index in [2.05, 4.69) is 12.2 Å². The summed E-state index contributed by atoms with van der Waals surface area (Å²) in [5.41, 5.74) is 0. The normalized spacial score (nSPS) is 47.4. The maximum absolute atomic E-state index is 3.83. The maximum atomic E-state index is 3.83.